The fourth-order valence-corrected chi connectivity index (χ4v) is 0.131. The van der Waals surface area contributed by atoms with E-state index in [0.717, 1.165) is 0 Å². The minimum Gasteiger partial charge on any atom is -0.468 e. The molecule has 0 aromatic heterocycles. The lowest BCUT2D eigenvalue weighted by Crippen LogP contribution is -2.13. The van der Waals surface area contributed by atoms with E-state index < -0.39 is 0 Å². The Kier molecular flexibility index (Phi) is 5.02. The van der Waals surface area contributed by atoms with Crippen molar-refractivity contribution in [1.29, 1.82) is 0 Å². The topological polar surface area (TPSA) is 44.5 Å². The Morgan fingerprint density at radius 3 is 2.50 bits per heavy atom. The summed E-state index contributed by atoms with van der Waals surface area (Å²) in [6, 6.07) is 0. The van der Waals surface area contributed by atoms with Gasteiger partial charge in [-0.25, -0.2) is 0 Å². The molecule has 3 nitrogen and oxygen atoms in total. The Morgan fingerprint density at radius 1 is 1.67 bits per heavy atom. The number of rotatable bonds is 3. The summed E-state index contributed by atoms with van der Waals surface area (Å²) in [7, 11) is 2.07. The van der Waals surface area contributed by atoms with Crippen LogP contribution in [0.15, 0.2) is 0 Å². The van der Waals surface area contributed by atoms with Crippen LogP contribution in [0.2, 0.25) is 0 Å². The van der Waals surface area contributed by atoms with Crippen molar-refractivity contribution in [2.24, 2.45) is 5.64 Å². The van der Waals surface area contributed by atoms with Crippen LogP contribution in [0.1, 0.15) is 0 Å². The molecule has 0 aliphatic heterocycles. The maximum Gasteiger partial charge on any atom is 0.423 e. The standard InChI is InChI=1S/CH7B2NO2/c1-5-3-6-2-4/h2-3H,4H2,1H3. The van der Waals surface area contributed by atoms with Crippen molar-refractivity contribution in [3.8, 4) is 0 Å². The van der Waals surface area contributed by atoms with Gasteiger partial charge in [0.25, 0.3) is 0 Å². The summed E-state index contributed by atoms with van der Waals surface area (Å²) < 4.78 is 9.02. The molecule has 0 unspecified atom stereocenters. The van der Waals surface area contributed by atoms with E-state index in [1.807, 2.05) is 0 Å². The van der Waals surface area contributed by atoms with Crippen LogP contribution in [-0.2, 0) is 9.23 Å². The monoisotopic (exact) mass is 87.1 g/mol. The highest BCUT2D eigenvalue weighted by Gasteiger charge is 1.81. The predicted molar refractivity (Wildman–Crippen MR) is 26.6 cm³/mol. The Bertz CT molecular complexity index is 23.5. The van der Waals surface area contributed by atoms with Gasteiger partial charge in [-0.15, -0.1) is 0 Å². The van der Waals surface area contributed by atoms with Crippen LogP contribution < -0.4 is 5.64 Å². The third-order valence-corrected chi connectivity index (χ3v) is 0.319. The van der Waals surface area contributed by atoms with Crippen molar-refractivity contribution in [3.63, 3.8) is 0 Å². The molecule has 0 fully saturated rings. The summed E-state index contributed by atoms with van der Waals surface area (Å²) in [5, 5.41) is 0. The van der Waals surface area contributed by atoms with Crippen molar-refractivity contribution >= 4 is 15.3 Å². The smallest absolute Gasteiger partial charge is 0.423 e. The first-order valence-corrected chi connectivity index (χ1v) is 1.68. The first-order valence-electron chi connectivity index (χ1n) is 1.68. The average molecular weight is 86.7 g/mol. The summed E-state index contributed by atoms with van der Waals surface area (Å²) in [6.45, 7) is 0. The summed E-state index contributed by atoms with van der Waals surface area (Å²) in [4.78, 5) is 0. The van der Waals surface area contributed by atoms with E-state index >= 15 is 0 Å². The van der Waals surface area contributed by atoms with E-state index in [2.05, 4.69) is 9.23 Å². The fraction of sp³-hybridized carbons (Fsp3) is 1.00. The van der Waals surface area contributed by atoms with Crippen LogP contribution in [0.4, 0.5) is 0 Å². The molecule has 0 aromatic carbocycles. The van der Waals surface area contributed by atoms with Gasteiger partial charge in [-0.2, -0.15) is 0 Å². The zero-order chi connectivity index (χ0) is 4.83. The van der Waals surface area contributed by atoms with Crippen LogP contribution in [-0.4, -0.2) is 22.4 Å². The lowest BCUT2D eigenvalue weighted by molar-refractivity contribution is 0.372. The largest absolute Gasteiger partial charge is 0.468 e. The third kappa shape index (κ3) is 4.01. The maximum atomic E-state index is 4.91. The minimum atomic E-state index is 0.230. The molecule has 0 aliphatic rings. The first kappa shape index (κ1) is 6.01. The van der Waals surface area contributed by atoms with Crippen LogP contribution in [0.3, 0.4) is 0 Å². The van der Waals surface area contributed by atoms with Gasteiger partial charge in [-0.1, -0.05) is 0 Å². The van der Waals surface area contributed by atoms with Crippen molar-refractivity contribution < 1.29 is 9.23 Å². The molecule has 0 atom stereocenters. The molecule has 6 heavy (non-hydrogen) atoms. The van der Waals surface area contributed by atoms with E-state index in [9.17, 15) is 0 Å². The van der Waals surface area contributed by atoms with Gasteiger partial charge in [0.1, 0.15) is 0 Å². The van der Waals surface area contributed by atoms with Gasteiger partial charge in [-0.05, 0) is 0 Å². The second-order valence-electron chi connectivity index (χ2n) is 0.777. The highest BCUT2D eigenvalue weighted by Crippen LogP contribution is 1.57. The quantitative estimate of drug-likeness (QED) is 0.324. The average Bonchev–Trinajstić information content (AvgIpc) is 1.61. The molecule has 5 heteroatoms. The molecule has 2 N–H and O–H groups in total. The van der Waals surface area contributed by atoms with Crippen LogP contribution in [0.25, 0.3) is 0 Å². The number of hydrogen-bond acceptors (Lipinski definition) is 3. The van der Waals surface area contributed by atoms with Gasteiger partial charge in [0, 0.05) is 7.11 Å². The second-order valence-corrected chi connectivity index (χ2v) is 0.777. The van der Waals surface area contributed by atoms with E-state index in [4.69, 9.17) is 5.64 Å². The molecule has 0 spiro atoms. The molecule has 0 radical (unpaired) electrons. The Balaban J connectivity index is 2.34. The Labute approximate surface area is 38.4 Å². The van der Waals surface area contributed by atoms with E-state index in [1.165, 1.54) is 0 Å². The molecular weight excluding hydrogens is 79.6 g/mol. The fourth-order valence-electron chi connectivity index (χ4n) is 0.131. The van der Waals surface area contributed by atoms with Crippen molar-refractivity contribution in [2.45, 2.75) is 0 Å². The highest BCUT2D eigenvalue weighted by atomic mass is 16.6. The predicted octanol–water partition coefficient (Wildman–Crippen LogP) is -1.86. The van der Waals surface area contributed by atoms with Gasteiger partial charge < -0.3 is 14.9 Å². The molecular formula is CH7B2NO2. The minimum absolute atomic E-state index is 0.230. The molecule has 34 valence electrons. The van der Waals surface area contributed by atoms with Gasteiger partial charge >= 0.3 is 15.3 Å². The zero-order valence-corrected chi connectivity index (χ0v) is 3.81. The molecule has 0 amide bonds. The van der Waals surface area contributed by atoms with E-state index in [-0.39, 0.29) is 15.3 Å². The first-order chi connectivity index (χ1) is 2.91. The van der Waals surface area contributed by atoms with Crippen LogP contribution >= 0.6 is 0 Å². The van der Waals surface area contributed by atoms with Gasteiger partial charge in [-0.3, -0.25) is 0 Å². The second kappa shape index (κ2) is 5.01. The summed E-state index contributed by atoms with van der Waals surface area (Å²) in [5.74, 6) is 0. The Hall–Kier alpha value is 0.00987. The van der Waals surface area contributed by atoms with Crippen molar-refractivity contribution in [2.75, 3.05) is 7.11 Å². The van der Waals surface area contributed by atoms with Crippen LogP contribution in [0, 0.1) is 0 Å². The molecule has 0 aromatic rings. The van der Waals surface area contributed by atoms with Gasteiger partial charge in [0.05, 0.1) is 0 Å². The van der Waals surface area contributed by atoms with Gasteiger partial charge in [0.2, 0.25) is 0 Å². The highest BCUT2D eigenvalue weighted by molar-refractivity contribution is 6.36. The summed E-state index contributed by atoms with van der Waals surface area (Å²) in [5.41, 5.74) is 4.91. The third-order valence-electron chi connectivity index (χ3n) is 0.319. The van der Waals surface area contributed by atoms with E-state index in [1.54, 1.807) is 7.11 Å². The molecule has 0 rings (SSSR count). The van der Waals surface area contributed by atoms with Crippen molar-refractivity contribution in [3.05, 3.63) is 0 Å². The maximum absolute atomic E-state index is 4.91. The molecule has 0 saturated carbocycles. The Morgan fingerprint density at radius 2 is 2.33 bits per heavy atom. The molecule has 0 bridgehead atoms. The lowest BCUT2D eigenvalue weighted by atomic mass is 10.2. The molecule has 0 aliphatic carbocycles. The SMILES string of the molecule is COBOBN. The molecule has 0 heterocycles. The summed E-state index contributed by atoms with van der Waals surface area (Å²) >= 11 is 0. The molecule has 0 saturated heterocycles. The summed E-state index contributed by atoms with van der Waals surface area (Å²) in [6.07, 6.45) is 0. The zero-order valence-electron chi connectivity index (χ0n) is 3.81. The van der Waals surface area contributed by atoms with Crippen LogP contribution in [0.5, 0.6) is 0 Å². The lowest BCUT2D eigenvalue weighted by Gasteiger charge is -1.89. The van der Waals surface area contributed by atoms with Gasteiger partial charge in [0.15, 0.2) is 0 Å². The van der Waals surface area contributed by atoms with E-state index in [0.29, 0.717) is 0 Å². The normalized spacial score (nSPS) is 7.67. The number of hydrogen-bond donors (Lipinski definition) is 1. The van der Waals surface area contributed by atoms with Crippen molar-refractivity contribution in [1.82, 2.24) is 0 Å². The number of nitrogens with two attached hydrogens (primary N) is 1.